The molecule has 0 bridgehead atoms. The molecule has 120 valence electrons. The Bertz CT molecular complexity index is 709. The fourth-order valence-corrected chi connectivity index (χ4v) is 2.54. The van der Waals surface area contributed by atoms with Crippen molar-refractivity contribution in [3.8, 4) is 5.75 Å². The van der Waals surface area contributed by atoms with Gasteiger partial charge < -0.3 is 9.64 Å². The lowest BCUT2D eigenvalue weighted by Crippen LogP contribution is -2.08. The largest absolute Gasteiger partial charge is 0.497 e. The Morgan fingerprint density at radius 1 is 1.04 bits per heavy atom. The molecule has 0 fully saturated rings. The number of nitrogens with zero attached hydrogens (tertiary/aromatic N) is 1. The van der Waals surface area contributed by atoms with E-state index in [9.17, 15) is 0 Å². The summed E-state index contributed by atoms with van der Waals surface area (Å²) in [6.07, 6.45) is 6.30. The van der Waals surface area contributed by atoms with E-state index < -0.39 is 0 Å². The fourth-order valence-electron chi connectivity index (χ4n) is 2.54. The van der Waals surface area contributed by atoms with Crippen LogP contribution in [0.2, 0.25) is 0 Å². The van der Waals surface area contributed by atoms with Crippen molar-refractivity contribution in [3.05, 3.63) is 77.4 Å². The minimum absolute atomic E-state index is 0.889. The molecule has 0 radical (unpaired) electrons. The molecule has 2 heteroatoms. The number of allylic oxidation sites excluding steroid dienone is 3. The van der Waals surface area contributed by atoms with Crippen LogP contribution in [0.25, 0.3) is 5.57 Å². The lowest BCUT2D eigenvalue weighted by Gasteiger charge is -2.15. The number of ether oxygens (including phenoxy) is 1. The highest BCUT2D eigenvalue weighted by atomic mass is 16.5. The number of rotatable bonds is 5. The summed E-state index contributed by atoms with van der Waals surface area (Å²) in [6, 6.07) is 14.9. The van der Waals surface area contributed by atoms with E-state index in [2.05, 4.69) is 74.5 Å². The summed E-state index contributed by atoms with van der Waals surface area (Å²) < 4.78 is 5.32. The molecule has 0 aliphatic carbocycles. The number of benzene rings is 2. The van der Waals surface area contributed by atoms with Crippen LogP contribution in [0.4, 0.5) is 5.69 Å². The molecule has 2 aromatic rings. The smallest absolute Gasteiger partial charge is 0.119 e. The van der Waals surface area contributed by atoms with Gasteiger partial charge in [0.15, 0.2) is 0 Å². The summed E-state index contributed by atoms with van der Waals surface area (Å²) in [4.78, 5) is 2.11. The summed E-state index contributed by atoms with van der Waals surface area (Å²) in [5.74, 6) is 0.889. The first-order valence-corrected chi connectivity index (χ1v) is 7.82. The Morgan fingerprint density at radius 2 is 1.74 bits per heavy atom. The third-order valence-electron chi connectivity index (χ3n) is 3.87. The molecular weight excluding hydrogens is 282 g/mol. The van der Waals surface area contributed by atoms with Crippen LogP contribution >= 0.6 is 0 Å². The van der Waals surface area contributed by atoms with Crippen LogP contribution in [0.15, 0.2) is 60.7 Å². The Labute approximate surface area is 139 Å². The van der Waals surface area contributed by atoms with Gasteiger partial charge in [-0.25, -0.2) is 0 Å². The Morgan fingerprint density at radius 3 is 2.26 bits per heavy atom. The van der Waals surface area contributed by atoms with Crippen LogP contribution in [-0.2, 0) is 0 Å². The average molecular weight is 307 g/mol. The molecule has 0 saturated carbocycles. The van der Waals surface area contributed by atoms with E-state index in [1.807, 2.05) is 19.1 Å². The molecule has 0 unspecified atom stereocenters. The summed E-state index contributed by atoms with van der Waals surface area (Å²) in [7, 11) is 5.81. The predicted octanol–water partition coefficient (Wildman–Crippen LogP) is 5.08. The molecule has 2 aromatic carbocycles. The maximum atomic E-state index is 5.32. The molecule has 0 amide bonds. The second-order valence-corrected chi connectivity index (χ2v) is 5.73. The van der Waals surface area contributed by atoms with E-state index in [0.717, 1.165) is 5.75 Å². The van der Waals surface area contributed by atoms with E-state index in [4.69, 9.17) is 4.74 Å². The maximum absolute atomic E-state index is 5.32. The average Bonchev–Trinajstić information content (AvgIpc) is 2.56. The van der Waals surface area contributed by atoms with E-state index in [1.165, 1.54) is 28.0 Å². The van der Waals surface area contributed by atoms with Crippen molar-refractivity contribution in [3.63, 3.8) is 0 Å². The van der Waals surface area contributed by atoms with E-state index in [0.29, 0.717) is 0 Å². The monoisotopic (exact) mass is 307 g/mol. The van der Waals surface area contributed by atoms with Gasteiger partial charge in [0.2, 0.25) is 0 Å². The normalized spacial score (nSPS) is 11.8. The molecule has 0 spiro atoms. The van der Waals surface area contributed by atoms with Crippen LogP contribution in [0, 0.1) is 6.92 Å². The summed E-state index contributed by atoms with van der Waals surface area (Å²) in [5, 5.41) is 0. The van der Waals surface area contributed by atoms with E-state index >= 15 is 0 Å². The highest BCUT2D eigenvalue weighted by Gasteiger charge is 2.09. The Kier molecular flexibility index (Phi) is 5.64. The number of anilines is 1. The van der Waals surface area contributed by atoms with Crippen LogP contribution in [-0.4, -0.2) is 21.2 Å². The van der Waals surface area contributed by atoms with Crippen molar-refractivity contribution < 1.29 is 4.74 Å². The van der Waals surface area contributed by atoms with Crippen LogP contribution in [0.5, 0.6) is 5.75 Å². The third-order valence-corrected chi connectivity index (χ3v) is 3.87. The first-order valence-electron chi connectivity index (χ1n) is 7.82. The zero-order valence-corrected chi connectivity index (χ0v) is 14.6. The van der Waals surface area contributed by atoms with Gasteiger partial charge in [-0.05, 0) is 60.4 Å². The summed E-state index contributed by atoms with van der Waals surface area (Å²) in [6.45, 7) is 4.15. The van der Waals surface area contributed by atoms with Crippen molar-refractivity contribution in [1.29, 1.82) is 0 Å². The quantitative estimate of drug-likeness (QED) is 0.714. The van der Waals surface area contributed by atoms with Crippen LogP contribution < -0.4 is 9.64 Å². The molecule has 0 aromatic heterocycles. The highest BCUT2D eigenvalue weighted by molar-refractivity contribution is 5.83. The SMILES string of the molecule is CC=CC=C(c1ccc(N(C)C)cc1)c1ccc(OC)cc1C. The van der Waals surface area contributed by atoms with Gasteiger partial charge in [-0.15, -0.1) is 0 Å². The first-order chi connectivity index (χ1) is 11.1. The number of hydrogen-bond acceptors (Lipinski definition) is 2. The molecule has 0 aliphatic rings. The van der Waals surface area contributed by atoms with Gasteiger partial charge in [0.1, 0.15) is 5.75 Å². The molecule has 2 nitrogen and oxygen atoms in total. The summed E-state index contributed by atoms with van der Waals surface area (Å²) >= 11 is 0. The van der Waals surface area contributed by atoms with Crippen LogP contribution in [0.1, 0.15) is 23.6 Å². The van der Waals surface area contributed by atoms with Crippen molar-refractivity contribution in [1.82, 2.24) is 0 Å². The van der Waals surface area contributed by atoms with Gasteiger partial charge in [-0.1, -0.05) is 36.4 Å². The molecule has 0 saturated heterocycles. The third kappa shape index (κ3) is 4.04. The van der Waals surface area contributed by atoms with Crippen molar-refractivity contribution in [2.45, 2.75) is 13.8 Å². The van der Waals surface area contributed by atoms with Gasteiger partial charge in [0.05, 0.1) is 7.11 Å². The van der Waals surface area contributed by atoms with E-state index in [1.54, 1.807) is 7.11 Å². The van der Waals surface area contributed by atoms with Crippen molar-refractivity contribution >= 4 is 11.3 Å². The molecule has 23 heavy (non-hydrogen) atoms. The standard InChI is InChI=1S/C21H25NO/c1-6-7-8-21(17-9-11-18(12-10-17)22(3)4)20-14-13-19(23-5)15-16(20)2/h6-15H,1-5H3. The predicted molar refractivity (Wildman–Crippen MR) is 100 cm³/mol. The van der Waals surface area contributed by atoms with Gasteiger partial charge in [-0.2, -0.15) is 0 Å². The molecular formula is C21H25NO. The fraction of sp³-hybridized carbons (Fsp3) is 0.238. The molecule has 0 aliphatic heterocycles. The van der Waals surface area contributed by atoms with Gasteiger partial charge >= 0.3 is 0 Å². The minimum Gasteiger partial charge on any atom is -0.497 e. The van der Waals surface area contributed by atoms with Crippen molar-refractivity contribution in [2.24, 2.45) is 0 Å². The number of methoxy groups -OCH3 is 1. The first kappa shape index (κ1) is 16.9. The van der Waals surface area contributed by atoms with Gasteiger partial charge in [0.25, 0.3) is 0 Å². The highest BCUT2D eigenvalue weighted by Crippen LogP contribution is 2.29. The summed E-state index contributed by atoms with van der Waals surface area (Å²) in [5.41, 5.74) is 6.06. The zero-order valence-electron chi connectivity index (χ0n) is 14.6. The lowest BCUT2D eigenvalue weighted by molar-refractivity contribution is 0.414. The number of hydrogen-bond donors (Lipinski definition) is 0. The Hall–Kier alpha value is -2.48. The maximum Gasteiger partial charge on any atom is 0.119 e. The molecule has 0 N–H and O–H groups in total. The van der Waals surface area contributed by atoms with Crippen molar-refractivity contribution in [2.75, 3.05) is 26.1 Å². The Balaban J connectivity index is 2.49. The van der Waals surface area contributed by atoms with Gasteiger partial charge in [0, 0.05) is 19.8 Å². The van der Waals surface area contributed by atoms with Gasteiger partial charge in [-0.3, -0.25) is 0 Å². The molecule has 0 heterocycles. The molecule has 2 rings (SSSR count). The second kappa shape index (κ2) is 7.68. The minimum atomic E-state index is 0.889. The lowest BCUT2D eigenvalue weighted by atomic mass is 9.93. The topological polar surface area (TPSA) is 12.5 Å². The zero-order chi connectivity index (χ0) is 16.8. The molecule has 0 atom stereocenters. The van der Waals surface area contributed by atoms with Crippen LogP contribution in [0.3, 0.4) is 0 Å². The second-order valence-electron chi connectivity index (χ2n) is 5.73. The van der Waals surface area contributed by atoms with E-state index in [-0.39, 0.29) is 0 Å². The number of aryl methyl sites for hydroxylation is 1.